The first-order chi connectivity index (χ1) is 14.1. The topological polar surface area (TPSA) is 82.5 Å². The summed E-state index contributed by atoms with van der Waals surface area (Å²) in [4.78, 5) is 24.3. The predicted molar refractivity (Wildman–Crippen MR) is 103 cm³/mol. The fourth-order valence-electron chi connectivity index (χ4n) is 2.91. The van der Waals surface area contributed by atoms with Gasteiger partial charge in [0, 0.05) is 18.2 Å². The molecule has 1 aliphatic rings. The van der Waals surface area contributed by atoms with Crippen LogP contribution >= 0.6 is 0 Å². The number of aromatic nitrogens is 2. The molecule has 0 saturated carbocycles. The maximum Gasteiger partial charge on any atom is 0.267 e. The first kappa shape index (κ1) is 18.7. The van der Waals surface area contributed by atoms with E-state index in [-0.39, 0.29) is 30.4 Å². The number of nitrogens with zero attached hydrogens (tertiary/aromatic N) is 2. The Balaban J connectivity index is 1.47. The summed E-state index contributed by atoms with van der Waals surface area (Å²) in [7, 11) is 0. The summed E-state index contributed by atoms with van der Waals surface area (Å²) in [6.45, 7) is 0.980. The van der Waals surface area contributed by atoms with Gasteiger partial charge >= 0.3 is 0 Å². The van der Waals surface area contributed by atoms with Crippen LogP contribution in [0.1, 0.15) is 5.56 Å². The third-order valence-electron chi connectivity index (χ3n) is 4.40. The quantitative estimate of drug-likeness (QED) is 0.716. The van der Waals surface area contributed by atoms with E-state index >= 15 is 0 Å². The molecule has 0 aliphatic carbocycles. The minimum atomic E-state index is -0.386. The highest BCUT2D eigenvalue weighted by Crippen LogP contribution is 2.33. The average molecular weight is 395 g/mol. The third kappa shape index (κ3) is 4.43. The molecule has 1 N–H and O–H groups in total. The van der Waals surface area contributed by atoms with Crippen molar-refractivity contribution in [2.75, 3.05) is 13.2 Å². The zero-order valence-electron chi connectivity index (χ0n) is 15.4. The number of benzene rings is 2. The van der Waals surface area contributed by atoms with Crippen LogP contribution in [-0.4, -0.2) is 28.9 Å². The van der Waals surface area contributed by atoms with Crippen molar-refractivity contribution in [1.82, 2.24) is 15.1 Å². The second-order valence-electron chi connectivity index (χ2n) is 6.48. The molecule has 8 heteroatoms. The number of halogens is 1. The number of ether oxygens (including phenoxy) is 2. The first-order valence-corrected chi connectivity index (χ1v) is 9.08. The van der Waals surface area contributed by atoms with Gasteiger partial charge in [-0.1, -0.05) is 12.1 Å². The summed E-state index contributed by atoms with van der Waals surface area (Å²) < 4.78 is 25.1. The van der Waals surface area contributed by atoms with Gasteiger partial charge < -0.3 is 14.8 Å². The Hall–Kier alpha value is -3.68. The molecule has 0 bridgehead atoms. The lowest BCUT2D eigenvalue weighted by Gasteiger charge is -2.18. The molecule has 3 aromatic rings. The normalized spacial score (nSPS) is 12.4. The van der Waals surface area contributed by atoms with Crippen LogP contribution in [-0.2, 0) is 17.9 Å². The highest BCUT2D eigenvalue weighted by atomic mass is 19.1. The standard InChI is InChI=1S/C21H18FN3O4/c22-16-4-1-14(2-5-16)12-23-20(26)13-25-21(27)8-6-17(24-25)15-3-7-18-19(11-15)29-10-9-28-18/h1-8,11H,9-10,12-13H2,(H,23,26). The van der Waals surface area contributed by atoms with Crippen molar-refractivity contribution in [2.24, 2.45) is 0 Å². The van der Waals surface area contributed by atoms with Crippen LogP contribution in [0.2, 0.25) is 0 Å². The summed E-state index contributed by atoms with van der Waals surface area (Å²) in [6, 6.07) is 14.2. The molecule has 1 aliphatic heterocycles. The van der Waals surface area contributed by atoms with E-state index in [4.69, 9.17) is 9.47 Å². The van der Waals surface area contributed by atoms with Crippen molar-refractivity contribution in [3.8, 4) is 22.8 Å². The van der Waals surface area contributed by atoms with E-state index in [2.05, 4.69) is 10.4 Å². The zero-order chi connectivity index (χ0) is 20.2. The highest BCUT2D eigenvalue weighted by Gasteiger charge is 2.14. The number of amides is 1. The molecule has 4 rings (SSSR count). The summed E-state index contributed by atoms with van der Waals surface area (Å²) in [5.41, 5.74) is 1.65. The zero-order valence-corrected chi connectivity index (χ0v) is 15.4. The second-order valence-corrected chi connectivity index (χ2v) is 6.48. The molecule has 29 heavy (non-hydrogen) atoms. The van der Waals surface area contributed by atoms with E-state index in [1.54, 1.807) is 30.3 Å². The third-order valence-corrected chi connectivity index (χ3v) is 4.40. The van der Waals surface area contributed by atoms with Gasteiger partial charge in [-0.15, -0.1) is 0 Å². The molecule has 0 atom stereocenters. The Kier molecular flexibility index (Phi) is 5.24. The van der Waals surface area contributed by atoms with E-state index in [0.29, 0.717) is 30.4 Å². The fraction of sp³-hybridized carbons (Fsp3) is 0.190. The molecule has 0 saturated heterocycles. The number of rotatable bonds is 5. The van der Waals surface area contributed by atoms with Gasteiger partial charge in [0.05, 0.1) is 5.69 Å². The van der Waals surface area contributed by atoms with Gasteiger partial charge in [0.25, 0.3) is 5.56 Å². The van der Waals surface area contributed by atoms with Crippen LogP contribution in [0.3, 0.4) is 0 Å². The van der Waals surface area contributed by atoms with Gasteiger partial charge in [0.1, 0.15) is 25.6 Å². The van der Waals surface area contributed by atoms with Crippen molar-refractivity contribution in [3.05, 3.63) is 76.3 Å². The maximum atomic E-state index is 12.9. The van der Waals surface area contributed by atoms with Crippen LogP contribution in [0.25, 0.3) is 11.3 Å². The number of carbonyl (C=O) groups is 1. The minimum Gasteiger partial charge on any atom is -0.486 e. The Labute approximate surface area is 165 Å². The van der Waals surface area contributed by atoms with Crippen molar-refractivity contribution < 1.29 is 18.7 Å². The molecule has 2 aromatic carbocycles. The number of hydrogen-bond acceptors (Lipinski definition) is 5. The SMILES string of the molecule is O=C(Cn1nc(-c2ccc3c(c2)OCCO3)ccc1=O)NCc1ccc(F)cc1. The smallest absolute Gasteiger partial charge is 0.267 e. The van der Waals surface area contributed by atoms with Gasteiger partial charge in [-0.05, 0) is 42.0 Å². The lowest BCUT2D eigenvalue weighted by Crippen LogP contribution is -2.33. The van der Waals surface area contributed by atoms with Crippen molar-refractivity contribution >= 4 is 5.91 Å². The van der Waals surface area contributed by atoms with Gasteiger partial charge in [-0.3, -0.25) is 9.59 Å². The van der Waals surface area contributed by atoms with Crippen LogP contribution in [0.5, 0.6) is 11.5 Å². The maximum absolute atomic E-state index is 12.9. The number of fused-ring (bicyclic) bond motifs is 1. The van der Waals surface area contributed by atoms with Gasteiger partial charge in [0.15, 0.2) is 11.5 Å². The molecule has 0 radical (unpaired) electrons. The molecule has 0 unspecified atom stereocenters. The van der Waals surface area contributed by atoms with Crippen LogP contribution in [0.4, 0.5) is 4.39 Å². The van der Waals surface area contributed by atoms with Crippen molar-refractivity contribution in [2.45, 2.75) is 13.1 Å². The molecule has 148 valence electrons. The van der Waals surface area contributed by atoms with E-state index in [1.807, 2.05) is 6.07 Å². The minimum absolute atomic E-state index is 0.224. The summed E-state index contributed by atoms with van der Waals surface area (Å²) in [5, 5.41) is 6.99. The highest BCUT2D eigenvalue weighted by molar-refractivity contribution is 5.75. The van der Waals surface area contributed by atoms with E-state index in [9.17, 15) is 14.0 Å². The van der Waals surface area contributed by atoms with Crippen molar-refractivity contribution in [1.29, 1.82) is 0 Å². The molecule has 0 fully saturated rings. The Bertz CT molecular complexity index is 1100. The Morgan fingerprint density at radius 2 is 1.79 bits per heavy atom. The van der Waals surface area contributed by atoms with E-state index < -0.39 is 0 Å². The molecule has 2 heterocycles. The largest absolute Gasteiger partial charge is 0.486 e. The van der Waals surface area contributed by atoms with Crippen molar-refractivity contribution in [3.63, 3.8) is 0 Å². The van der Waals surface area contributed by atoms with E-state index in [0.717, 1.165) is 15.8 Å². The lowest BCUT2D eigenvalue weighted by molar-refractivity contribution is -0.122. The summed E-state index contributed by atoms with van der Waals surface area (Å²) in [6.07, 6.45) is 0. The molecular weight excluding hydrogens is 377 g/mol. The lowest BCUT2D eigenvalue weighted by atomic mass is 10.1. The molecule has 1 aromatic heterocycles. The molecular formula is C21H18FN3O4. The van der Waals surface area contributed by atoms with Gasteiger partial charge in [0.2, 0.25) is 5.91 Å². The molecule has 1 amide bonds. The fourth-order valence-corrected chi connectivity index (χ4v) is 2.91. The number of hydrogen-bond donors (Lipinski definition) is 1. The van der Waals surface area contributed by atoms with Crippen LogP contribution in [0.15, 0.2) is 59.4 Å². The van der Waals surface area contributed by atoms with Crippen LogP contribution in [0, 0.1) is 5.82 Å². The summed E-state index contributed by atoms with van der Waals surface area (Å²) >= 11 is 0. The van der Waals surface area contributed by atoms with E-state index in [1.165, 1.54) is 18.2 Å². The Morgan fingerprint density at radius 1 is 1.03 bits per heavy atom. The number of carbonyl (C=O) groups excluding carboxylic acids is 1. The van der Waals surface area contributed by atoms with Gasteiger partial charge in [-0.2, -0.15) is 5.10 Å². The average Bonchev–Trinajstić information content (AvgIpc) is 2.74. The predicted octanol–water partition coefficient (Wildman–Crippen LogP) is 2.14. The van der Waals surface area contributed by atoms with Gasteiger partial charge in [-0.25, -0.2) is 9.07 Å². The molecule has 7 nitrogen and oxygen atoms in total. The molecule has 0 spiro atoms. The summed E-state index contributed by atoms with van der Waals surface area (Å²) in [5.74, 6) is 0.564. The Morgan fingerprint density at radius 3 is 2.59 bits per heavy atom. The number of nitrogens with one attached hydrogen (secondary N) is 1. The second kappa shape index (κ2) is 8.14. The first-order valence-electron chi connectivity index (χ1n) is 9.08. The van der Waals surface area contributed by atoms with Crippen LogP contribution < -0.4 is 20.3 Å². The monoisotopic (exact) mass is 395 g/mol.